The van der Waals surface area contributed by atoms with E-state index >= 15 is 0 Å². The van der Waals surface area contributed by atoms with Crippen LogP contribution in [0.3, 0.4) is 0 Å². The summed E-state index contributed by atoms with van der Waals surface area (Å²) in [5, 5.41) is 9.99. The maximum Gasteiger partial charge on any atom is 0.335 e. The van der Waals surface area contributed by atoms with E-state index in [0.29, 0.717) is 5.56 Å². The molecule has 0 spiro atoms. The van der Waals surface area contributed by atoms with Gasteiger partial charge in [0.25, 0.3) is 0 Å². The third kappa shape index (κ3) is 3.11. The molecule has 1 aromatic carbocycles. The summed E-state index contributed by atoms with van der Waals surface area (Å²) < 4.78 is 0. The lowest BCUT2D eigenvalue weighted by atomic mass is 10.2. The summed E-state index contributed by atoms with van der Waals surface area (Å²) in [4.78, 5) is 17.5. The molecule has 0 radical (unpaired) electrons. The Morgan fingerprint density at radius 3 is 2.83 bits per heavy atom. The largest absolute Gasteiger partial charge is 0.478 e. The van der Waals surface area contributed by atoms with Crippen molar-refractivity contribution in [2.24, 2.45) is 0 Å². The van der Waals surface area contributed by atoms with Gasteiger partial charge in [0.05, 0.1) is 17.0 Å². The second-order valence-corrected chi connectivity index (χ2v) is 6.21. The van der Waals surface area contributed by atoms with Gasteiger partial charge >= 0.3 is 5.97 Å². The summed E-state index contributed by atoms with van der Waals surface area (Å²) in [5.74, 6) is -0.110. The molecule has 0 aliphatic carbocycles. The Kier molecular flexibility index (Phi) is 4.04. The van der Waals surface area contributed by atoms with Gasteiger partial charge in [-0.1, -0.05) is 6.07 Å². The molecule has 0 atom stereocenters. The lowest BCUT2D eigenvalue weighted by Gasteiger charge is -2.00. The minimum atomic E-state index is -0.890. The van der Waals surface area contributed by atoms with E-state index in [1.165, 1.54) is 4.88 Å². The Balaban J connectivity index is 2.06. The molecule has 1 heterocycles. The van der Waals surface area contributed by atoms with Gasteiger partial charge in [-0.2, -0.15) is 0 Å². The number of carbonyl (C=O) groups is 1. The molecule has 0 unspecified atom stereocenters. The van der Waals surface area contributed by atoms with Crippen LogP contribution < -0.4 is 0 Å². The zero-order chi connectivity index (χ0) is 13.1. The van der Waals surface area contributed by atoms with Crippen molar-refractivity contribution in [3.8, 4) is 0 Å². The number of hydrogen-bond donors (Lipinski definition) is 1. The number of aromatic nitrogens is 1. The minimum absolute atomic E-state index is 0.325. The summed E-state index contributed by atoms with van der Waals surface area (Å²) in [6.45, 7) is 4.07. The fourth-order valence-electron chi connectivity index (χ4n) is 1.46. The van der Waals surface area contributed by atoms with Gasteiger partial charge in [-0.25, -0.2) is 9.78 Å². The van der Waals surface area contributed by atoms with Crippen LogP contribution in [-0.4, -0.2) is 16.1 Å². The second-order valence-electron chi connectivity index (χ2n) is 3.87. The van der Waals surface area contributed by atoms with Crippen LogP contribution in [0.5, 0.6) is 0 Å². The predicted molar refractivity (Wildman–Crippen MR) is 74.6 cm³/mol. The number of rotatable bonds is 4. The molecule has 0 bridgehead atoms. The summed E-state index contributed by atoms with van der Waals surface area (Å²) in [6.07, 6.45) is 0. The Bertz CT molecular complexity index is 559. The highest BCUT2D eigenvalue weighted by Gasteiger charge is 2.06. The molecule has 2 aromatic rings. The number of aromatic carboxylic acids is 1. The Morgan fingerprint density at radius 1 is 1.44 bits per heavy atom. The van der Waals surface area contributed by atoms with E-state index in [2.05, 4.69) is 11.9 Å². The summed E-state index contributed by atoms with van der Waals surface area (Å²) in [7, 11) is 0. The molecule has 94 valence electrons. The Morgan fingerprint density at radius 2 is 2.22 bits per heavy atom. The first-order valence-corrected chi connectivity index (χ1v) is 7.25. The van der Waals surface area contributed by atoms with E-state index in [4.69, 9.17) is 5.11 Å². The van der Waals surface area contributed by atoms with Gasteiger partial charge in [0.1, 0.15) is 5.01 Å². The number of carboxylic acid groups (broad SMARTS) is 1. The highest BCUT2D eigenvalue weighted by atomic mass is 32.2. The van der Waals surface area contributed by atoms with Gasteiger partial charge in [0, 0.05) is 9.77 Å². The Hall–Kier alpha value is -1.33. The molecule has 3 nitrogen and oxygen atoms in total. The number of thiazole rings is 1. The first-order valence-electron chi connectivity index (χ1n) is 5.45. The van der Waals surface area contributed by atoms with Crippen LogP contribution in [-0.2, 0) is 5.75 Å². The van der Waals surface area contributed by atoms with Crippen molar-refractivity contribution in [2.75, 3.05) is 0 Å². The highest BCUT2D eigenvalue weighted by molar-refractivity contribution is 7.98. The zero-order valence-corrected chi connectivity index (χ0v) is 11.8. The van der Waals surface area contributed by atoms with E-state index in [-0.39, 0.29) is 0 Å². The molecule has 0 saturated carbocycles. The normalized spacial score (nSPS) is 10.6. The van der Waals surface area contributed by atoms with Crippen LogP contribution in [0.4, 0.5) is 0 Å². The van der Waals surface area contributed by atoms with Crippen molar-refractivity contribution in [1.29, 1.82) is 0 Å². The van der Waals surface area contributed by atoms with Gasteiger partial charge in [0.2, 0.25) is 0 Å². The van der Waals surface area contributed by atoms with Crippen molar-refractivity contribution in [1.82, 2.24) is 4.98 Å². The van der Waals surface area contributed by atoms with Gasteiger partial charge in [-0.15, -0.1) is 23.1 Å². The van der Waals surface area contributed by atoms with E-state index < -0.39 is 5.97 Å². The van der Waals surface area contributed by atoms with Gasteiger partial charge in [-0.3, -0.25) is 0 Å². The van der Waals surface area contributed by atoms with Crippen LogP contribution >= 0.6 is 23.1 Å². The lowest BCUT2D eigenvalue weighted by molar-refractivity contribution is 0.0696. The topological polar surface area (TPSA) is 50.2 Å². The van der Waals surface area contributed by atoms with Crippen LogP contribution in [0.15, 0.2) is 29.2 Å². The molecular formula is C13H13NO2S2. The smallest absolute Gasteiger partial charge is 0.335 e. The first kappa shape index (κ1) is 13.1. The summed E-state index contributed by atoms with van der Waals surface area (Å²) >= 11 is 3.31. The zero-order valence-electron chi connectivity index (χ0n) is 10.1. The second kappa shape index (κ2) is 5.54. The number of aryl methyl sites for hydroxylation is 2. The minimum Gasteiger partial charge on any atom is -0.478 e. The molecule has 18 heavy (non-hydrogen) atoms. The summed E-state index contributed by atoms with van der Waals surface area (Å²) in [5.41, 5.74) is 1.40. The molecule has 0 saturated heterocycles. The third-order valence-electron chi connectivity index (χ3n) is 2.52. The number of benzene rings is 1. The molecule has 1 aromatic heterocycles. The maximum absolute atomic E-state index is 10.9. The molecule has 2 rings (SSSR count). The van der Waals surface area contributed by atoms with Crippen LogP contribution in [0.25, 0.3) is 0 Å². The fraction of sp³-hybridized carbons (Fsp3) is 0.231. The van der Waals surface area contributed by atoms with Crippen molar-refractivity contribution in [2.45, 2.75) is 24.5 Å². The third-order valence-corrected chi connectivity index (χ3v) is 4.78. The average molecular weight is 279 g/mol. The van der Waals surface area contributed by atoms with Crippen molar-refractivity contribution in [3.05, 3.63) is 45.4 Å². The van der Waals surface area contributed by atoms with Crippen LogP contribution in [0.1, 0.15) is 25.9 Å². The molecule has 0 fully saturated rings. The molecule has 0 amide bonds. The SMILES string of the molecule is Cc1nc(CSc2cccc(C(=O)O)c2)sc1C. The summed E-state index contributed by atoms with van der Waals surface area (Å²) in [6, 6.07) is 6.99. The molecule has 0 aliphatic heterocycles. The Labute approximate surface area is 114 Å². The number of thioether (sulfide) groups is 1. The monoisotopic (exact) mass is 279 g/mol. The van der Waals surface area contributed by atoms with Gasteiger partial charge < -0.3 is 5.11 Å². The van der Waals surface area contributed by atoms with Crippen molar-refractivity contribution >= 4 is 29.1 Å². The number of nitrogens with zero attached hydrogens (tertiary/aromatic N) is 1. The predicted octanol–water partition coefficient (Wildman–Crippen LogP) is 3.75. The van der Waals surface area contributed by atoms with Crippen LogP contribution in [0, 0.1) is 13.8 Å². The quantitative estimate of drug-likeness (QED) is 0.866. The molecule has 0 aliphatic rings. The van der Waals surface area contributed by atoms with E-state index in [9.17, 15) is 4.79 Å². The van der Waals surface area contributed by atoms with E-state index in [1.807, 2.05) is 13.0 Å². The fourth-order valence-corrected chi connectivity index (χ4v) is 3.35. The number of carboxylic acids is 1. The van der Waals surface area contributed by atoms with Crippen LogP contribution in [0.2, 0.25) is 0 Å². The lowest BCUT2D eigenvalue weighted by Crippen LogP contribution is -1.95. The molecule has 1 N–H and O–H groups in total. The number of hydrogen-bond acceptors (Lipinski definition) is 4. The van der Waals surface area contributed by atoms with Crippen molar-refractivity contribution in [3.63, 3.8) is 0 Å². The van der Waals surface area contributed by atoms with E-state index in [1.54, 1.807) is 41.3 Å². The average Bonchev–Trinajstić information content (AvgIpc) is 2.67. The molecule has 5 heteroatoms. The van der Waals surface area contributed by atoms with E-state index in [0.717, 1.165) is 21.3 Å². The standard InChI is InChI=1S/C13H13NO2S2/c1-8-9(2)18-12(14-8)7-17-11-5-3-4-10(6-11)13(15)16/h3-6H,7H2,1-2H3,(H,15,16). The van der Waals surface area contributed by atoms with Gasteiger partial charge in [-0.05, 0) is 32.0 Å². The molecular weight excluding hydrogens is 266 g/mol. The van der Waals surface area contributed by atoms with Gasteiger partial charge in [0.15, 0.2) is 0 Å². The van der Waals surface area contributed by atoms with Crippen molar-refractivity contribution < 1.29 is 9.90 Å². The highest BCUT2D eigenvalue weighted by Crippen LogP contribution is 2.26. The first-order chi connectivity index (χ1) is 8.56. The maximum atomic E-state index is 10.9.